The molecule has 0 aliphatic heterocycles. The minimum Gasteiger partial charge on any atom is -0.507 e. The van der Waals surface area contributed by atoms with Crippen LogP contribution in [-0.4, -0.2) is 10.2 Å². The highest BCUT2D eigenvalue weighted by Crippen LogP contribution is 2.45. The highest BCUT2D eigenvalue weighted by molar-refractivity contribution is 5.48. The second-order valence-electron chi connectivity index (χ2n) is 3.15. The molecule has 0 amide bonds. The first-order valence-corrected chi connectivity index (χ1v) is 4.19. The van der Waals surface area contributed by atoms with Gasteiger partial charge in [-0.2, -0.15) is 26.3 Å². The first kappa shape index (κ1) is 13.6. The molecule has 0 unspecified atom stereocenters. The lowest BCUT2D eigenvalue weighted by Gasteiger charge is -2.17. The number of alkyl halides is 6. The van der Waals surface area contributed by atoms with Gasteiger partial charge in [0.15, 0.2) is 0 Å². The second-order valence-corrected chi connectivity index (χ2v) is 3.15. The van der Waals surface area contributed by atoms with E-state index >= 15 is 0 Å². The molecule has 0 spiro atoms. The Morgan fingerprint density at radius 1 is 0.941 bits per heavy atom. The fraction of sp³-hybridized carbons (Fsp3) is 0.333. The smallest absolute Gasteiger partial charge is 0.420 e. The number of halogens is 6. The molecule has 0 bridgehead atoms. The number of rotatable bonds is 1. The molecule has 96 valence electrons. The third-order valence-electron chi connectivity index (χ3n) is 2.02. The monoisotopic (exact) mass is 260 g/mol. The summed E-state index contributed by atoms with van der Waals surface area (Å²) in [7, 11) is 0. The van der Waals surface area contributed by atoms with Crippen molar-refractivity contribution < 1.29 is 36.6 Å². The molecule has 1 rings (SSSR count). The van der Waals surface area contributed by atoms with Crippen LogP contribution in [-0.2, 0) is 19.0 Å². The number of hydrogen-bond acceptors (Lipinski definition) is 2. The molecule has 0 heterocycles. The molecule has 0 aliphatic carbocycles. The molecule has 2 N–H and O–H groups in total. The minimum absolute atomic E-state index is 0.288. The molecule has 0 aliphatic rings. The van der Waals surface area contributed by atoms with Crippen LogP contribution >= 0.6 is 0 Å². The molecular formula is C9H6F6O2. The summed E-state index contributed by atoms with van der Waals surface area (Å²) in [5, 5.41) is 17.6. The SMILES string of the molecule is OCc1ccc(C(F)(F)F)c(O)c1C(F)(F)F. The van der Waals surface area contributed by atoms with E-state index in [0.717, 1.165) is 0 Å². The standard InChI is InChI=1S/C9H6F6O2/c10-8(11,12)5-2-1-4(3-16)6(7(5)17)9(13,14)15/h1-2,16-17H,3H2. The molecule has 0 fully saturated rings. The van der Waals surface area contributed by atoms with E-state index in [0.29, 0.717) is 6.07 Å². The van der Waals surface area contributed by atoms with Gasteiger partial charge < -0.3 is 10.2 Å². The average Bonchev–Trinajstić information content (AvgIpc) is 2.12. The van der Waals surface area contributed by atoms with Gasteiger partial charge in [0.1, 0.15) is 11.3 Å². The maximum Gasteiger partial charge on any atom is 0.420 e. The van der Waals surface area contributed by atoms with Crippen LogP contribution in [0.5, 0.6) is 5.75 Å². The number of benzene rings is 1. The van der Waals surface area contributed by atoms with E-state index in [1.54, 1.807) is 0 Å². The number of phenols is 1. The van der Waals surface area contributed by atoms with E-state index in [1.807, 2.05) is 0 Å². The van der Waals surface area contributed by atoms with Crippen molar-refractivity contribution in [2.45, 2.75) is 19.0 Å². The number of phenolic OH excluding ortho intramolecular Hbond substituents is 1. The molecule has 0 radical (unpaired) electrons. The molecular weight excluding hydrogens is 254 g/mol. The van der Waals surface area contributed by atoms with Gasteiger partial charge in [0.25, 0.3) is 0 Å². The zero-order chi connectivity index (χ0) is 13.4. The molecule has 8 heteroatoms. The summed E-state index contributed by atoms with van der Waals surface area (Å²) in [6.07, 6.45) is -10.3. The van der Waals surface area contributed by atoms with Gasteiger partial charge >= 0.3 is 12.4 Å². The number of aliphatic hydroxyl groups excluding tert-OH is 1. The summed E-state index contributed by atoms with van der Waals surface area (Å²) in [4.78, 5) is 0. The van der Waals surface area contributed by atoms with E-state index in [-0.39, 0.29) is 6.07 Å². The topological polar surface area (TPSA) is 40.5 Å². The minimum atomic E-state index is -5.18. The van der Waals surface area contributed by atoms with E-state index < -0.39 is 41.4 Å². The van der Waals surface area contributed by atoms with Crippen molar-refractivity contribution in [3.05, 3.63) is 28.8 Å². The molecule has 0 aromatic heterocycles. The van der Waals surface area contributed by atoms with Crippen LogP contribution in [0.3, 0.4) is 0 Å². The van der Waals surface area contributed by atoms with Crippen molar-refractivity contribution in [2.75, 3.05) is 0 Å². The normalized spacial score (nSPS) is 12.9. The van der Waals surface area contributed by atoms with Crippen LogP contribution in [0.4, 0.5) is 26.3 Å². The third-order valence-corrected chi connectivity index (χ3v) is 2.02. The Morgan fingerprint density at radius 3 is 1.82 bits per heavy atom. The van der Waals surface area contributed by atoms with Gasteiger partial charge in [0.05, 0.1) is 12.2 Å². The van der Waals surface area contributed by atoms with Gasteiger partial charge in [-0.05, 0) is 11.6 Å². The highest BCUT2D eigenvalue weighted by atomic mass is 19.4. The van der Waals surface area contributed by atoms with Crippen molar-refractivity contribution in [2.24, 2.45) is 0 Å². The maximum atomic E-state index is 12.4. The summed E-state index contributed by atoms with van der Waals surface area (Å²) < 4.78 is 74.1. The van der Waals surface area contributed by atoms with Crippen molar-refractivity contribution in [3.8, 4) is 5.75 Å². The Morgan fingerprint density at radius 2 is 1.47 bits per heavy atom. The predicted molar refractivity (Wildman–Crippen MR) is 44.0 cm³/mol. The van der Waals surface area contributed by atoms with Crippen LogP contribution in [0, 0.1) is 0 Å². The van der Waals surface area contributed by atoms with Crippen molar-refractivity contribution in [1.29, 1.82) is 0 Å². The Kier molecular flexibility index (Phi) is 3.28. The van der Waals surface area contributed by atoms with E-state index in [2.05, 4.69) is 0 Å². The Labute approximate surface area is 91.1 Å². The van der Waals surface area contributed by atoms with Gasteiger partial charge in [-0.25, -0.2) is 0 Å². The molecule has 1 aromatic carbocycles. The summed E-state index contributed by atoms with van der Waals surface area (Å²) in [6.45, 7) is -1.12. The molecule has 1 aromatic rings. The van der Waals surface area contributed by atoms with E-state index in [9.17, 15) is 26.3 Å². The molecule has 0 atom stereocenters. The van der Waals surface area contributed by atoms with Crippen LogP contribution < -0.4 is 0 Å². The van der Waals surface area contributed by atoms with Crippen molar-refractivity contribution >= 4 is 0 Å². The number of aliphatic hydroxyl groups is 1. The quantitative estimate of drug-likeness (QED) is 0.762. The first-order chi connectivity index (χ1) is 7.59. The van der Waals surface area contributed by atoms with E-state index in [1.165, 1.54) is 0 Å². The number of aromatic hydroxyl groups is 1. The fourth-order valence-corrected chi connectivity index (χ4v) is 1.31. The lowest BCUT2D eigenvalue weighted by Crippen LogP contribution is -2.14. The molecule has 0 saturated heterocycles. The van der Waals surface area contributed by atoms with Crippen molar-refractivity contribution in [3.63, 3.8) is 0 Å². The predicted octanol–water partition coefficient (Wildman–Crippen LogP) is 2.92. The van der Waals surface area contributed by atoms with Gasteiger partial charge in [-0.3, -0.25) is 0 Å². The van der Waals surface area contributed by atoms with Crippen LogP contribution in [0.2, 0.25) is 0 Å². The third kappa shape index (κ3) is 2.63. The summed E-state index contributed by atoms with van der Waals surface area (Å²) in [5.74, 6) is -1.92. The second kappa shape index (κ2) is 4.10. The Balaban J connectivity index is 3.55. The Bertz CT molecular complexity index is 421. The van der Waals surface area contributed by atoms with Crippen LogP contribution in [0.1, 0.15) is 16.7 Å². The summed E-state index contributed by atoms with van der Waals surface area (Å²) >= 11 is 0. The van der Waals surface area contributed by atoms with Crippen molar-refractivity contribution in [1.82, 2.24) is 0 Å². The molecule has 17 heavy (non-hydrogen) atoms. The van der Waals surface area contributed by atoms with Gasteiger partial charge in [0, 0.05) is 0 Å². The molecule has 2 nitrogen and oxygen atoms in total. The largest absolute Gasteiger partial charge is 0.507 e. The lowest BCUT2D eigenvalue weighted by molar-refractivity contribution is -0.146. The first-order valence-electron chi connectivity index (χ1n) is 4.19. The summed E-state index contributed by atoms with van der Waals surface area (Å²) in [6, 6.07) is 0.765. The van der Waals surface area contributed by atoms with Gasteiger partial charge in [-0.1, -0.05) is 6.07 Å². The lowest BCUT2D eigenvalue weighted by atomic mass is 10.0. The average molecular weight is 260 g/mol. The van der Waals surface area contributed by atoms with Crippen LogP contribution in [0.15, 0.2) is 12.1 Å². The number of hydrogen-bond donors (Lipinski definition) is 2. The van der Waals surface area contributed by atoms with Gasteiger partial charge in [0.2, 0.25) is 0 Å². The zero-order valence-electron chi connectivity index (χ0n) is 8.02. The van der Waals surface area contributed by atoms with E-state index in [4.69, 9.17) is 10.2 Å². The Hall–Kier alpha value is -1.44. The molecule has 0 saturated carbocycles. The maximum absolute atomic E-state index is 12.4. The van der Waals surface area contributed by atoms with Gasteiger partial charge in [-0.15, -0.1) is 0 Å². The van der Waals surface area contributed by atoms with Crippen LogP contribution in [0.25, 0.3) is 0 Å². The zero-order valence-corrected chi connectivity index (χ0v) is 8.02. The highest BCUT2D eigenvalue weighted by Gasteiger charge is 2.42. The fourth-order valence-electron chi connectivity index (χ4n) is 1.31. The summed E-state index contributed by atoms with van der Waals surface area (Å²) in [5.41, 5.74) is -4.47.